The zero-order chi connectivity index (χ0) is 35.6. The number of rotatable bonds is 2. The highest BCUT2D eigenvalue weighted by molar-refractivity contribution is 7.85. The number of para-hydroxylation sites is 3. The molecule has 2 aliphatic rings. The molecule has 1 spiro atoms. The maximum absolute atomic E-state index is 16.5. The Labute approximate surface area is 313 Å². The van der Waals surface area contributed by atoms with Crippen molar-refractivity contribution in [1.29, 1.82) is 0 Å². The molecule has 0 N–H and O–H groups in total. The molecule has 2 unspecified atom stereocenters. The molecule has 2 atom stereocenters. The van der Waals surface area contributed by atoms with Gasteiger partial charge >= 0.3 is 0 Å². The van der Waals surface area contributed by atoms with Crippen molar-refractivity contribution in [2.45, 2.75) is 5.41 Å². The Balaban J connectivity index is 1.30. The van der Waals surface area contributed by atoms with E-state index in [0.717, 1.165) is 38.3 Å². The fraction of sp³-hybridized carbons (Fsp3) is 0.0196. The van der Waals surface area contributed by atoms with Gasteiger partial charge in [-0.3, -0.25) is 0 Å². The van der Waals surface area contributed by atoms with Crippen LogP contribution in [0.5, 0.6) is 0 Å². The molecule has 2 aliphatic heterocycles. The Kier molecular flexibility index (Phi) is 6.00. The van der Waals surface area contributed by atoms with E-state index in [1.54, 1.807) is 0 Å². The molecule has 12 rings (SSSR count). The van der Waals surface area contributed by atoms with Crippen molar-refractivity contribution in [3.63, 3.8) is 0 Å². The molecule has 3 heteroatoms. The fourth-order valence-electron chi connectivity index (χ4n) is 10.1. The van der Waals surface area contributed by atoms with Gasteiger partial charge in [-0.15, -0.1) is 0 Å². The van der Waals surface area contributed by atoms with Crippen molar-refractivity contribution < 1.29 is 4.57 Å². The van der Waals surface area contributed by atoms with Crippen LogP contribution >= 0.6 is 7.14 Å². The van der Waals surface area contributed by atoms with Gasteiger partial charge in [0.05, 0.1) is 22.1 Å². The summed E-state index contributed by atoms with van der Waals surface area (Å²) in [5, 5.41) is 10.0. The van der Waals surface area contributed by atoms with Crippen LogP contribution < -0.4 is 15.9 Å². The van der Waals surface area contributed by atoms with Crippen LogP contribution in [0.3, 0.4) is 0 Å². The molecule has 0 radical (unpaired) electrons. The van der Waals surface area contributed by atoms with E-state index in [4.69, 9.17) is 0 Å². The smallest absolute Gasteiger partial charge is 0.171 e. The molecule has 9 aromatic carbocycles. The first-order valence-electron chi connectivity index (χ1n) is 18.6. The van der Waals surface area contributed by atoms with Gasteiger partial charge in [-0.25, -0.2) is 0 Å². The fourth-order valence-corrected chi connectivity index (χ4v) is 13.3. The van der Waals surface area contributed by atoms with Gasteiger partial charge in [0.25, 0.3) is 0 Å². The van der Waals surface area contributed by atoms with Crippen LogP contribution in [0.1, 0.15) is 22.3 Å². The van der Waals surface area contributed by atoms with Crippen LogP contribution in [-0.4, -0.2) is 4.57 Å². The first kappa shape index (κ1) is 30.0. The standard InChI is InChI=1S/C51H32NOP/c53-54(35-16-2-1-3-17-35)48-28-13-10-24-43(48)51(42-23-9-12-27-47(42)52-46-26-11-8-21-39(46)40-22-14-25-44(51)50(40)52)45-32-34(29-30-49(45)54)41-31-33-15-4-5-18-36(33)37-19-6-7-20-38(37)41/h1-32H. The quantitative estimate of drug-likeness (QED) is 0.130. The normalized spacial score (nSPS) is 18.2. The highest BCUT2D eigenvalue weighted by Gasteiger charge is 2.54. The molecular weight excluding hydrogens is 674 g/mol. The summed E-state index contributed by atoms with van der Waals surface area (Å²) >= 11 is 0. The molecule has 3 heterocycles. The van der Waals surface area contributed by atoms with Crippen molar-refractivity contribution in [1.82, 2.24) is 4.57 Å². The lowest BCUT2D eigenvalue weighted by molar-refractivity contribution is 0.590. The van der Waals surface area contributed by atoms with Gasteiger partial charge in [0.1, 0.15) is 0 Å². The van der Waals surface area contributed by atoms with E-state index >= 15 is 4.57 Å². The van der Waals surface area contributed by atoms with Crippen molar-refractivity contribution >= 4 is 66.4 Å². The zero-order valence-corrected chi connectivity index (χ0v) is 30.2. The number of fused-ring (bicyclic) bond motifs is 14. The number of nitrogens with zero attached hydrogens (tertiary/aromatic N) is 1. The summed E-state index contributed by atoms with van der Waals surface area (Å²) in [5.74, 6) is 0. The lowest BCUT2D eigenvalue weighted by atomic mass is 9.62. The zero-order valence-electron chi connectivity index (χ0n) is 29.3. The van der Waals surface area contributed by atoms with Gasteiger partial charge in [0, 0.05) is 26.7 Å². The topological polar surface area (TPSA) is 22.0 Å². The molecule has 0 saturated carbocycles. The number of benzene rings is 9. The van der Waals surface area contributed by atoms with Crippen LogP contribution in [0.2, 0.25) is 0 Å². The highest BCUT2D eigenvalue weighted by atomic mass is 31.2. The summed E-state index contributed by atoms with van der Waals surface area (Å²) in [6.07, 6.45) is 0. The SMILES string of the molecule is O=P1(c2ccccc2)c2ccccc2C2(c3ccccc3-n3c4ccccc4c4cccc2c43)c2cc(-c3cc4ccccc4c4ccccc34)ccc21. The van der Waals surface area contributed by atoms with E-state index in [9.17, 15) is 0 Å². The van der Waals surface area contributed by atoms with Crippen LogP contribution in [0.4, 0.5) is 0 Å². The summed E-state index contributed by atoms with van der Waals surface area (Å²) in [4.78, 5) is 0. The molecule has 1 aromatic heterocycles. The van der Waals surface area contributed by atoms with Crippen LogP contribution in [0, 0.1) is 0 Å². The molecular formula is C51H32NOP. The highest BCUT2D eigenvalue weighted by Crippen LogP contribution is 2.61. The number of hydrogen-bond donors (Lipinski definition) is 0. The molecule has 0 aliphatic carbocycles. The van der Waals surface area contributed by atoms with E-state index in [2.05, 4.69) is 180 Å². The molecule has 252 valence electrons. The second-order valence-corrected chi connectivity index (χ2v) is 17.4. The average molecular weight is 706 g/mol. The lowest BCUT2D eigenvalue weighted by Crippen LogP contribution is -2.48. The predicted molar refractivity (Wildman–Crippen MR) is 226 cm³/mol. The van der Waals surface area contributed by atoms with E-state index in [-0.39, 0.29) is 0 Å². The van der Waals surface area contributed by atoms with Gasteiger partial charge in [-0.1, -0.05) is 164 Å². The Hall–Kier alpha value is -6.47. The Morgan fingerprint density at radius 1 is 0.426 bits per heavy atom. The minimum Gasteiger partial charge on any atom is -0.309 e. The Morgan fingerprint density at radius 2 is 1.06 bits per heavy atom. The van der Waals surface area contributed by atoms with E-state index in [1.807, 2.05) is 18.2 Å². The molecule has 0 amide bonds. The minimum atomic E-state index is -3.34. The Morgan fingerprint density at radius 3 is 1.93 bits per heavy atom. The molecule has 2 nitrogen and oxygen atoms in total. The number of aromatic nitrogens is 1. The van der Waals surface area contributed by atoms with Crippen molar-refractivity contribution in [3.05, 3.63) is 216 Å². The van der Waals surface area contributed by atoms with Gasteiger partial charge in [-0.05, 0) is 85.3 Å². The van der Waals surface area contributed by atoms with E-state index < -0.39 is 12.6 Å². The number of hydrogen-bond acceptors (Lipinski definition) is 1. The first-order chi connectivity index (χ1) is 26.7. The molecule has 0 bridgehead atoms. The van der Waals surface area contributed by atoms with E-state index in [0.29, 0.717) is 0 Å². The summed E-state index contributed by atoms with van der Waals surface area (Å²) in [6, 6.07) is 69.8. The van der Waals surface area contributed by atoms with Crippen LogP contribution in [0.15, 0.2) is 194 Å². The maximum Gasteiger partial charge on any atom is 0.171 e. The summed E-state index contributed by atoms with van der Waals surface area (Å²) in [5.41, 5.74) is 9.66. The molecule has 0 fully saturated rings. The summed E-state index contributed by atoms with van der Waals surface area (Å²) in [6.45, 7) is 0. The van der Waals surface area contributed by atoms with Crippen LogP contribution in [-0.2, 0) is 9.98 Å². The van der Waals surface area contributed by atoms with Gasteiger partial charge in [0.15, 0.2) is 7.14 Å². The third-order valence-electron chi connectivity index (χ3n) is 12.2. The average Bonchev–Trinajstić information content (AvgIpc) is 3.59. The summed E-state index contributed by atoms with van der Waals surface area (Å²) in [7, 11) is -3.34. The monoisotopic (exact) mass is 705 g/mol. The Bertz CT molecular complexity index is 3270. The van der Waals surface area contributed by atoms with Crippen molar-refractivity contribution in [2.24, 2.45) is 0 Å². The minimum absolute atomic E-state index is 0.752. The van der Waals surface area contributed by atoms with Gasteiger partial charge in [0.2, 0.25) is 0 Å². The second-order valence-electron chi connectivity index (χ2n) is 14.7. The molecule has 10 aromatic rings. The molecule has 54 heavy (non-hydrogen) atoms. The third-order valence-corrected chi connectivity index (χ3v) is 15.4. The molecule has 0 saturated heterocycles. The second kappa shape index (κ2) is 10.8. The van der Waals surface area contributed by atoms with Crippen molar-refractivity contribution in [3.8, 4) is 16.8 Å². The summed E-state index contributed by atoms with van der Waals surface area (Å²) < 4.78 is 18.9. The third kappa shape index (κ3) is 3.64. The predicted octanol–water partition coefficient (Wildman–Crippen LogP) is 11.4. The van der Waals surface area contributed by atoms with Crippen LogP contribution in [0.25, 0.3) is 60.2 Å². The van der Waals surface area contributed by atoms with E-state index in [1.165, 1.54) is 60.0 Å². The van der Waals surface area contributed by atoms with Crippen molar-refractivity contribution in [2.75, 3.05) is 0 Å². The largest absolute Gasteiger partial charge is 0.309 e. The lowest BCUT2D eigenvalue weighted by Gasteiger charge is -2.47. The van der Waals surface area contributed by atoms with Gasteiger partial charge in [-0.2, -0.15) is 0 Å². The van der Waals surface area contributed by atoms with Gasteiger partial charge < -0.3 is 9.13 Å². The first-order valence-corrected chi connectivity index (χ1v) is 20.3. The maximum atomic E-state index is 16.5.